The fraction of sp³-hybridized carbons (Fsp3) is 0.692. The summed E-state index contributed by atoms with van der Waals surface area (Å²) in [6.07, 6.45) is -0.539. The number of carbonyl (C=O) groups excluding carboxylic acids is 1. The summed E-state index contributed by atoms with van der Waals surface area (Å²) in [5.41, 5.74) is 0.609. The number of hydrogen-bond acceptors (Lipinski definition) is 4. The number of aliphatic hydroxyl groups excluding tert-OH is 1. The van der Waals surface area contributed by atoms with E-state index in [1.165, 1.54) is 4.57 Å². The summed E-state index contributed by atoms with van der Waals surface area (Å²) in [5, 5.41) is 9.62. The first-order chi connectivity index (χ1) is 8.17. The summed E-state index contributed by atoms with van der Waals surface area (Å²) in [5.74, 6) is 0.609. The Balaban J connectivity index is 3.19. The van der Waals surface area contributed by atoms with Crippen LogP contribution in [0.3, 0.4) is 0 Å². The average molecular weight is 254 g/mol. The lowest BCUT2D eigenvalue weighted by Crippen LogP contribution is -2.28. The Morgan fingerprint density at radius 2 is 2.06 bits per heavy atom. The third-order valence-corrected chi connectivity index (χ3v) is 2.50. The minimum atomic E-state index is -0.695. The second kappa shape index (κ2) is 5.10. The van der Waals surface area contributed by atoms with E-state index in [0.717, 1.165) is 0 Å². The quantitative estimate of drug-likeness (QED) is 0.881. The van der Waals surface area contributed by atoms with E-state index in [4.69, 9.17) is 4.74 Å². The number of aryl methyl sites for hydroxylation is 1. The van der Waals surface area contributed by atoms with Crippen LogP contribution in [0.15, 0.2) is 0 Å². The highest BCUT2D eigenvalue weighted by Gasteiger charge is 2.24. The largest absolute Gasteiger partial charge is 0.443 e. The third kappa shape index (κ3) is 3.10. The van der Waals surface area contributed by atoms with Gasteiger partial charge in [-0.1, -0.05) is 6.92 Å². The van der Waals surface area contributed by atoms with Gasteiger partial charge in [-0.3, -0.25) is 0 Å². The van der Waals surface area contributed by atoms with Gasteiger partial charge in [-0.25, -0.2) is 14.3 Å². The van der Waals surface area contributed by atoms with Gasteiger partial charge in [0.2, 0.25) is 0 Å². The van der Waals surface area contributed by atoms with Crippen LogP contribution < -0.4 is 0 Å². The van der Waals surface area contributed by atoms with Gasteiger partial charge >= 0.3 is 6.09 Å². The molecule has 0 saturated heterocycles. The molecule has 0 bridgehead atoms. The van der Waals surface area contributed by atoms with Crippen molar-refractivity contribution in [2.24, 2.45) is 0 Å². The number of hydrogen-bond donors (Lipinski definition) is 1. The molecule has 1 unspecified atom stereocenters. The topological polar surface area (TPSA) is 64.4 Å². The van der Waals surface area contributed by atoms with E-state index < -0.39 is 17.8 Å². The number of aromatic nitrogens is 2. The molecule has 1 N–H and O–H groups in total. The lowest BCUT2D eigenvalue weighted by molar-refractivity contribution is 0.0528. The molecular formula is C13H22N2O3. The first-order valence-electron chi connectivity index (χ1n) is 6.17. The minimum Gasteiger partial charge on any atom is -0.443 e. The molecule has 18 heavy (non-hydrogen) atoms. The van der Waals surface area contributed by atoms with Crippen molar-refractivity contribution in [3.63, 3.8) is 0 Å². The Bertz CT molecular complexity index is 442. The molecular weight excluding hydrogens is 232 g/mol. The van der Waals surface area contributed by atoms with Crippen LogP contribution in [-0.2, 0) is 11.2 Å². The molecule has 1 aromatic heterocycles. The highest BCUT2D eigenvalue weighted by atomic mass is 16.6. The van der Waals surface area contributed by atoms with Crippen molar-refractivity contribution in [2.75, 3.05) is 0 Å². The normalized spacial score (nSPS) is 13.5. The minimum absolute atomic E-state index is 0.448. The smallest absolute Gasteiger partial charge is 0.420 e. The summed E-state index contributed by atoms with van der Waals surface area (Å²) in [7, 11) is 0. The number of nitrogens with zero attached hydrogens (tertiary/aromatic N) is 2. The molecule has 0 aromatic carbocycles. The summed E-state index contributed by atoms with van der Waals surface area (Å²) in [6, 6.07) is 0. The van der Waals surface area contributed by atoms with Gasteiger partial charge in [0.15, 0.2) is 0 Å². The maximum absolute atomic E-state index is 12.1. The van der Waals surface area contributed by atoms with Crippen LogP contribution in [0.5, 0.6) is 0 Å². The monoisotopic (exact) mass is 254 g/mol. The maximum Gasteiger partial charge on any atom is 0.420 e. The van der Waals surface area contributed by atoms with Gasteiger partial charge in [0, 0.05) is 6.42 Å². The first kappa shape index (κ1) is 14.7. The van der Waals surface area contributed by atoms with Crippen molar-refractivity contribution < 1.29 is 14.6 Å². The van der Waals surface area contributed by atoms with E-state index in [9.17, 15) is 9.90 Å². The molecule has 1 atom stereocenters. The van der Waals surface area contributed by atoms with E-state index in [-0.39, 0.29) is 0 Å². The molecule has 0 aliphatic heterocycles. The van der Waals surface area contributed by atoms with Crippen molar-refractivity contribution in [3.8, 4) is 0 Å². The molecule has 5 nitrogen and oxygen atoms in total. The Hall–Kier alpha value is -1.36. The van der Waals surface area contributed by atoms with Gasteiger partial charge in [0.25, 0.3) is 0 Å². The molecule has 5 heteroatoms. The zero-order valence-corrected chi connectivity index (χ0v) is 11.9. The van der Waals surface area contributed by atoms with Crippen LogP contribution in [0.25, 0.3) is 0 Å². The van der Waals surface area contributed by atoms with E-state index >= 15 is 0 Å². The van der Waals surface area contributed by atoms with Gasteiger partial charge in [-0.15, -0.1) is 0 Å². The van der Waals surface area contributed by atoms with Crippen LogP contribution in [-0.4, -0.2) is 26.4 Å². The average Bonchev–Trinajstić information content (AvgIpc) is 2.52. The molecule has 0 spiro atoms. The molecule has 102 valence electrons. The SMILES string of the molecule is CCc1nc(C(C)O)c(C)n1C(=O)OC(C)(C)C. The summed E-state index contributed by atoms with van der Waals surface area (Å²) in [6.45, 7) is 10.8. The lowest BCUT2D eigenvalue weighted by atomic mass is 10.2. The number of aliphatic hydroxyl groups is 1. The predicted molar refractivity (Wildman–Crippen MR) is 68.6 cm³/mol. The second-order valence-electron chi connectivity index (χ2n) is 5.34. The highest BCUT2D eigenvalue weighted by Crippen LogP contribution is 2.20. The third-order valence-electron chi connectivity index (χ3n) is 2.50. The van der Waals surface area contributed by atoms with Crippen LogP contribution in [0.4, 0.5) is 4.79 Å². The van der Waals surface area contributed by atoms with E-state index in [1.54, 1.807) is 13.8 Å². The van der Waals surface area contributed by atoms with Crippen LogP contribution >= 0.6 is 0 Å². The van der Waals surface area contributed by atoms with Crippen molar-refractivity contribution in [3.05, 3.63) is 17.2 Å². The Labute approximate surface area is 108 Å². The highest BCUT2D eigenvalue weighted by molar-refractivity contribution is 5.73. The Morgan fingerprint density at radius 1 is 1.50 bits per heavy atom. The van der Waals surface area contributed by atoms with Gasteiger partial charge in [0.1, 0.15) is 11.4 Å². The molecule has 0 fully saturated rings. The maximum atomic E-state index is 12.1. The van der Waals surface area contributed by atoms with Gasteiger partial charge in [0.05, 0.1) is 17.5 Å². The van der Waals surface area contributed by atoms with Crippen molar-refractivity contribution in [2.45, 2.75) is 59.7 Å². The van der Waals surface area contributed by atoms with E-state index in [2.05, 4.69) is 4.98 Å². The summed E-state index contributed by atoms with van der Waals surface area (Å²) in [4.78, 5) is 16.4. The molecule has 0 aliphatic carbocycles. The van der Waals surface area contributed by atoms with Gasteiger partial charge in [-0.05, 0) is 34.6 Å². The van der Waals surface area contributed by atoms with Crippen molar-refractivity contribution in [1.29, 1.82) is 0 Å². The fourth-order valence-electron chi connectivity index (χ4n) is 1.76. The molecule has 0 amide bonds. The molecule has 1 rings (SSSR count). The lowest BCUT2D eigenvalue weighted by Gasteiger charge is -2.20. The number of imidazole rings is 1. The standard InChI is InChI=1S/C13H22N2O3/c1-7-10-14-11(9(3)16)8(2)15(10)12(17)18-13(4,5)6/h9,16H,7H2,1-6H3. The summed E-state index contributed by atoms with van der Waals surface area (Å²) >= 11 is 0. The number of ether oxygens (including phenoxy) is 1. The van der Waals surface area contributed by atoms with Gasteiger partial charge in [-0.2, -0.15) is 0 Å². The van der Waals surface area contributed by atoms with Crippen LogP contribution in [0.1, 0.15) is 57.9 Å². The predicted octanol–water partition coefficient (Wildman–Crippen LogP) is 2.59. The first-order valence-corrected chi connectivity index (χ1v) is 6.17. The molecule has 1 aromatic rings. The fourth-order valence-corrected chi connectivity index (χ4v) is 1.76. The van der Waals surface area contributed by atoms with E-state index in [0.29, 0.717) is 23.6 Å². The Kier molecular flexibility index (Phi) is 4.16. The second-order valence-corrected chi connectivity index (χ2v) is 5.34. The van der Waals surface area contributed by atoms with Crippen LogP contribution in [0, 0.1) is 6.92 Å². The molecule has 0 saturated carbocycles. The Morgan fingerprint density at radius 3 is 2.44 bits per heavy atom. The zero-order valence-electron chi connectivity index (χ0n) is 11.9. The number of rotatable bonds is 2. The van der Waals surface area contributed by atoms with Gasteiger partial charge < -0.3 is 9.84 Å². The molecule has 1 heterocycles. The summed E-state index contributed by atoms with van der Waals surface area (Å²) < 4.78 is 6.78. The van der Waals surface area contributed by atoms with Crippen molar-refractivity contribution >= 4 is 6.09 Å². The zero-order chi connectivity index (χ0) is 14.1. The van der Waals surface area contributed by atoms with E-state index in [1.807, 2.05) is 27.7 Å². The van der Waals surface area contributed by atoms with Crippen LogP contribution in [0.2, 0.25) is 0 Å². The molecule has 0 radical (unpaired) electrons. The van der Waals surface area contributed by atoms with Crippen molar-refractivity contribution in [1.82, 2.24) is 9.55 Å². The number of carbonyl (C=O) groups is 1. The molecule has 0 aliphatic rings.